The molecular formula is C19H20BrNO6S. The van der Waals surface area contributed by atoms with E-state index in [9.17, 15) is 13.2 Å². The van der Waals surface area contributed by atoms with Crippen LogP contribution < -0.4 is 4.74 Å². The van der Waals surface area contributed by atoms with Crippen LogP contribution in [0.1, 0.15) is 15.9 Å². The Morgan fingerprint density at radius 3 is 2.46 bits per heavy atom. The number of carbonyl (C=O) groups is 1. The first-order valence-corrected chi connectivity index (χ1v) is 10.8. The number of hydrogen-bond acceptors (Lipinski definition) is 6. The van der Waals surface area contributed by atoms with E-state index in [1.54, 1.807) is 0 Å². The van der Waals surface area contributed by atoms with Crippen LogP contribution in [0.4, 0.5) is 0 Å². The Hall–Kier alpha value is -1.94. The molecular weight excluding hydrogens is 450 g/mol. The molecule has 0 amide bonds. The number of benzene rings is 2. The van der Waals surface area contributed by atoms with Crippen LogP contribution >= 0.6 is 15.9 Å². The summed E-state index contributed by atoms with van der Waals surface area (Å²) in [5.74, 6) is -0.431. The van der Waals surface area contributed by atoms with Crippen molar-refractivity contribution in [3.8, 4) is 5.75 Å². The average molecular weight is 470 g/mol. The van der Waals surface area contributed by atoms with Crippen molar-refractivity contribution in [1.82, 2.24) is 4.31 Å². The zero-order valence-corrected chi connectivity index (χ0v) is 17.7. The molecule has 2 aromatic carbocycles. The summed E-state index contributed by atoms with van der Waals surface area (Å²) in [6.45, 7) is 1.25. The molecule has 1 aliphatic heterocycles. The van der Waals surface area contributed by atoms with Crippen molar-refractivity contribution < 1.29 is 27.4 Å². The summed E-state index contributed by atoms with van der Waals surface area (Å²) < 4.78 is 44.0. The Morgan fingerprint density at radius 1 is 1.14 bits per heavy atom. The number of halogens is 1. The highest BCUT2D eigenvalue weighted by Crippen LogP contribution is 2.28. The summed E-state index contributed by atoms with van der Waals surface area (Å²) in [6.07, 6.45) is 0. The maximum atomic E-state index is 13.0. The van der Waals surface area contributed by atoms with Gasteiger partial charge in [-0.05, 0) is 35.9 Å². The topological polar surface area (TPSA) is 82.1 Å². The van der Waals surface area contributed by atoms with Gasteiger partial charge in [-0.1, -0.05) is 28.1 Å². The van der Waals surface area contributed by atoms with E-state index in [2.05, 4.69) is 15.9 Å². The molecule has 1 saturated heterocycles. The summed E-state index contributed by atoms with van der Waals surface area (Å²) in [4.78, 5) is 12.4. The first-order valence-electron chi connectivity index (χ1n) is 8.59. The van der Waals surface area contributed by atoms with E-state index in [0.29, 0.717) is 13.2 Å². The summed E-state index contributed by atoms with van der Waals surface area (Å²) in [7, 11) is -2.43. The van der Waals surface area contributed by atoms with Gasteiger partial charge < -0.3 is 14.2 Å². The van der Waals surface area contributed by atoms with Crippen LogP contribution in [0, 0.1) is 0 Å². The summed E-state index contributed by atoms with van der Waals surface area (Å²) in [6, 6.07) is 11.6. The molecule has 7 nitrogen and oxygen atoms in total. The number of carbonyl (C=O) groups excluding carboxylic acids is 1. The molecule has 1 fully saturated rings. The van der Waals surface area contributed by atoms with Crippen LogP contribution in [-0.2, 0) is 26.1 Å². The second-order valence-corrected chi connectivity index (χ2v) is 8.91. The number of sulfonamides is 1. The van der Waals surface area contributed by atoms with Gasteiger partial charge in [0.1, 0.15) is 17.3 Å². The number of ether oxygens (including phenoxy) is 3. The van der Waals surface area contributed by atoms with E-state index in [1.165, 1.54) is 29.6 Å². The van der Waals surface area contributed by atoms with Gasteiger partial charge in [0.25, 0.3) is 0 Å². The number of rotatable bonds is 6. The van der Waals surface area contributed by atoms with Crippen LogP contribution in [0.5, 0.6) is 5.75 Å². The van der Waals surface area contributed by atoms with Gasteiger partial charge in [-0.25, -0.2) is 13.2 Å². The van der Waals surface area contributed by atoms with E-state index in [0.717, 1.165) is 10.0 Å². The summed E-state index contributed by atoms with van der Waals surface area (Å²) >= 11 is 3.35. The van der Waals surface area contributed by atoms with E-state index in [4.69, 9.17) is 14.2 Å². The molecule has 1 heterocycles. The molecule has 0 aromatic heterocycles. The number of nitrogens with zero attached hydrogens (tertiary/aromatic N) is 1. The largest absolute Gasteiger partial charge is 0.495 e. The number of esters is 1. The lowest BCUT2D eigenvalue weighted by Crippen LogP contribution is -2.40. The standard InChI is InChI=1S/C19H20BrNO6S/c1-25-17-7-4-15(19(22)27-13-14-2-5-16(20)6-3-14)12-18(17)28(23,24)21-8-10-26-11-9-21/h2-7,12H,8-11,13H2,1H3. The highest BCUT2D eigenvalue weighted by atomic mass is 79.9. The molecule has 0 N–H and O–H groups in total. The Bertz CT molecular complexity index is 939. The van der Waals surface area contributed by atoms with E-state index in [-0.39, 0.29) is 35.9 Å². The van der Waals surface area contributed by atoms with Crippen molar-refractivity contribution in [2.24, 2.45) is 0 Å². The smallest absolute Gasteiger partial charge is 0.338 e. The van der Waals surface area contributed by atoms with Crippen LogP contribution in [0.15, 0.2) is 51.8 Å². The van der Waals surface area contributed by atoms with Gasteiger partial charge in [0.15, 0.2) is 0 Å². The van der Waals surface area contributed by atoms with Gasteiger partial charge in [-0.3, -0.25) is 0 Å². The van der Waals surface area contributed by atoms with Gasteiger partial charge in [0.05, 0.1) is 25.9 Å². The maximum absolute atomic E-state index is 13.0. The van der Waals surface area contributed by atoms with Crippen LogP contribution in [0.2, 0.25) is 0 Å². The zero-order valence-electron chi connectivity index (χ0n) is 15.3. The predicted molar refractivity (Wildman–Crippen MR) is 106 cm³/mol. The Kier molecular flexibility index (Phi) is 6.71. The van der Waals surface area contributed by atoms with Crippen molar-refractivity contribution in [2.75, 3.05) is 33.4 Å². The lowest BCUT2D eigenvalue weighted by molar-refractivity contribution is 0.0472. The molecule has 0 unspecified atom stereocenters. The van der Waals surface area contributed by atoms with Crippen molar-refractivity contribution >= 4 is 31.9 Å². The first kappa shape index (κ1) is 20.8. The van der Waals surface area contributed by atoms with E-state index in [1.807, 2.05) is 24.3 Å². The Balaban J connectivity index is 1.81. The maximum Gasteiger partial charge on any atom is 0.338 e. The average Bonchev–Trinajstić information content (AvgIpc) is 2.73. The van der Waals surface area contributed by atoms with Crippen LogP contribution in [0.3, 0.4) is 0 Å². The summed E-state index contributed by atoms with van der Waals surface area (Å²) in [5, 5.41) is 0. The number of methoxy groups -OCH3 is 1. The second kappa shape index (κ2) is 9.04. The molecule has 1 aliphatic rings. The molecule has 150 valence electrons. The molecule has 0 saturated carbocycles. The van der Waals surface area contributed by atoms with Gasteiger partial charge >= 0.3 is 5.97 Å². The Labute approximate surface area is 172 Å². The van der Waals surface area contributed by atoms with Gasteiger partial charge in [0, 0.05) is 17.6 Å². The SMILES string of the molecule is COc1ccc(C(=O)OCc2ccc(Br)cc2)cc1S(=O)(=O)N1CCOCC1. The molecule has 0 spiro atoms. The minimum Gasteiger partial charge on any atom is -0.495 e. The fraction of sp³-hybridized carbons (Fsp3) is 0.316. The minimum absolute atomic E-state index is 0.0602. The lowest BCUT2D eigenvalue weighted by atomic mass is 10.2. The van der Waals surface area contributed by atoms with E-state index < -0.39 is 16.0 Å². The van der Waals surface area contributed by atoms with Gasteiger partial charge in [-0.2, -0.15) is 4.31 Å². The minimum atomic E-state index is -3.82. The van der Waals surface area contributed by atoms with Crippen molar-refractivity contribution in [2.45, 2.75) is 11.5 Å². The van der Waals surface area contributed by atoms with E-state index >= 15 is 0 Å². The van der Waals surface area contributed by atoms with Crippen molar-refractivity contribution in [1.29, 1.82) is 0 Å². The van der Waals surface area contributed by atoms with Gasteiger partial charge in [0.2, 0.25) is 10.0 Å². The van der Waals surface area contributed by atoms with Crippen molar-refractivity contribution in [3.05, 3.63) is 58.1 Å². The fourth-order valence-electron chi connectivity index (χ4n) is 2.74. The zero-order chi connectivity index (χ0) is 20.1. The number of hydrogen-bond donors (Lipinski definition) is 0. The highest BCUT2D eigenvalue weighted by molar-refractivity contribution is 9.10. The Morgan fingerprint density at radius 2 is 1.82 bits per heavy atom. The molecule has 0 radical (unpaired) electrons. The summed E-state index contributed by atoms with van der Waals surface area (Å²) in [5.41, 5.74) is 0.968. The third-order valence-electron chi connectivity index (χ3n) is 4.27. The quantitative estimate of drug-likeness (QED) is 0.604. The monoisotopic (exact) mass is 469 g/mol. The molecule has 28 heavy (non-hydrogen) atoms. The number of morpholine rings is 1. The third-order valence-corrected chi connectivity index (χ3v) is 6.72. The molecule has 2 aromatic rings. The molecule has 0 aliphatic carbocycles. The van der Waals surface area contributed by atoms with Crippen LogP contribution in [0.25, 0.3) is 0 Å². The molecule has 0 bridgehead atoms. The predicted octanol–water partition coefficient (Wildman–Crippen LogP) is 2.84. The second-order valence-electron chi connectivity index (χ2n) is 6.08. The lowest BCUT2D eigenvalue weighted by Gasteiger charge is -2.26. The van der Waals surface area contributed by atoms with Crippen molar-refractivity contribution in [3.63, 3.8) is 0 Å². The van der Waals surface area contributed by atoms with Gasteiger partial charge in [-0.15, -0.1) is 0 Å². The molecule has 3 rings (SSSR count). The first-order chi connectivity index (χ1) is 13.4. The fourth-order valence-corrected chi connectivity index (χ4v) is 4.60. The molecule has 0 atom stereocenters. The highest BCUT2D eigenvalue weighted by Gasteiger charge is 2.30. The van der Waals surface area contributed by atoms with Crippen LogP contribution in [-0.4, -0.2) is 52.1 Å². The molecule has 9 heteroatoms. The normalized spacial score (nSPS) is 15.2. The third kappa shape index (κ3) is 4.72.